The number of phenols is 1. The lowest BCUT2D eigenvalue weighted by Gasteiger charge is -2.23. The molecule has 5 heteroatoms. The summed E-state index contributed by atoms with van der Waals surface area (Å²) in [6, 6.07) is 15.7. The van der Waals surface area contributed by atoms with Crippen molar-refractivity contribution < 1.29 is 9.90 Å². The number of amides is 1. The fourth-order valence-corrected chi connectivity index (χ4v) is 3.82. The molecule has 4 rings (SSSR count). The van der Waals surface area contributed by atoms with E-state index in [1.165, 1.54) is 12.0 Å². The lowest BCUT2D eigenvalue weighted by Crippen LogP contribution is -2.32. The standard InChI is InChI=1S/C22H26N2O2.ClH/c25-21-6-2-4-18(13-21)15-24(20-7-8-20)22(26)19-5-1-3-16(12-19)11-17-9-10-23-14-17;/h1-6,12-13,17,20,23,25H,7-11,14-15H2;1H. The van der Waals surface area contributed by atoms with Crippen LogP contribution in [0.4, 0.5) is 0 Å². The monoisotopic (exact) mass is 386 g/mol. The Kier molecular flexibility index (Phi) is 6.40. The first-order valence-electron chi connectivity index (χ1n) is 9.57. The van der Waals surface area contributed by atoms with E-state index in [0.717, 1.165) is 43.5 Å². The zero-order valence-corrected chi connectivity index (χ0v) is 16.3. The normalized spacial score (nSPS) is 18.7. The number of rotatable bonds is 6. The maximum atomic E-state index is 13.2. The van der Waals surface area contributed by atoms with Crippen LogP contribution in [0.2, 0.25) is 0 Å². The molecule has 0 bridgehead atoms. The fourth-order valence-electron chi connectivity index (χ4n) is 3.82. The highest BCUT2D eigenvalue weighted by molar-refractivity contribution is 5.94. The van der Waals surface area contributed by atoms with Gasteiger partial charge in [0.2, 0.25) is 0 Å². The van der Waals surface area contributed by atoms with Gasteiger partial charge in [0.05, 0.1) is 0 Å². The number of carbonyl (C=O) groups is 1. The average Bonchev–Trinajstić information content (AvgIpc) is 3.36. The second-order valence-electron chi connectivity index (χ2n) is 7.60. The summed E-state index contributed by atoms with van der Waals surface area (Å²) in [4.78, 5) is 15.1. The Bertz CT molecular complexity index is 785. The molecular weight excluding hydrogens is 360 g/mol. The van der Waals surface area contributed by atoms with E-state index in [2.05, 4.69) is 17.4 Å². The molecule has 1 saturated carbocycles. The molecule has 1 saturated heterocycles. The SMILES string of the molecule is Cl.O=C(c1cccc(CC2CCNC2)c1)N(Cc1cccc(O)c1)C1CC1. The van der Waals surface area contributed by atoms with Gasteiger partial charge in [-0.25, -0.2) is 0 Å². The predicted octanol–water partition coefficient (Wildman–Crippen LogP) is 3.77. The Morgan fingerprint density at radius 3 is 2.56 bits per heavy atom. The van der Waals surface area contributed by atoms with Crippen LogP contribution in [0.15, 0.2) is 48.5 Å². The number of hydrogen-bond donors (Lipinski definition) is 2. The Morgan fingerprint density at radius 1 is 1.07 bits per heavy atom. The Morgan fingerprint density at radius 2 is 1.85 bits per heavy atom. The first kappa shape index (κ1) is 19.7. The largest absolute Gasteiger partial charge is 0.508 e. The number of aromatic hydroxyl groups is 1. The minimum atomic E-state index is 0. The molecule has 144 valence electrons. The number of halogens is 1. The highest BCUT2D eigenvalue weighted by atomic mass is 35.5. The summed E-state index contributed by atoms with van der Waals surface area (Å²) in [5.74, 6) is 1.02. The van der Waals surface area contributed by atoms with Gasteiger partial charge in [-0.15, -0.1) is 12.4 Å². The molecule has 1 aliphatic carbocycles. The highest BCUT2D eigenvalue weighted by Gasteiger charge is 2.33. The van der Waals surface area contributed by atoms with Gasteiger partial charge in [0, 0.05) is 18.2 Å². The van der Waals surface area contributed by atoms with E-state index in [1.807, 2.05) is 29.2 Å². The molecule has 0 radical (unpaired) electrons. The third-order valence-corrected chi connectivity index (χ3v) is 5.37. The first-order chi connectivity index (χ1) is 12.7. The molecular formula is C22H27ClN2O2. The second-order valence-corrected chi connectivity index (χ2v) is 7.60. The number of hydrogen-bond acceptors (Lipinski definition) is 3. The quantitative estimate of drug-likeness (QED) is 0.794. The van der Waals surface area contributed by atoms with Gasteiger partial charge in [0.1, 0.15) is 5.75 Å². The summed E-state index contributed by atoms with van der Waals surface area (Å²) in [6.07, 6.45) is 4.38. The topological polar surface area (TPSA) is 52.6 Å². The molecule has 2 aliphatic rings. The summed E-state index contributed by atoms with van der Waals surface area (Å²) in [7, 11) is 0. The lowest BCUT2D eigenvalue weighted by molar-refractivity contribution is 0.0729. The molecule has 2 fully saturated rings. The van der Waals surface area contributed by atoms with Crippen LogP contribution in [0.3, 0.4) is 0 Å². The summed E-state index contributed by atoms with van der Waals surface area (Å²) in [6.45, 7) is 2.72. The van der Waals surface area contributed by atoms with E-state index in [-0.39, 0.29) is 24.1 Å². The van der Waals surface area contributed by atoms with Crippen LogP contribution in [-0.4, -0.2) is 35.0 Å². The summed E-state index contributed by atoms with van der Waals surface area (Å²) in [5, 5.41) is 13.1. The first-order valence-corrected chi connectivity index (χ1v) is 9.57. The molecule has 4 nitrogen and oxygen atoms in total. The molecule has 2 aromatic carbocycles. The van der Waals surface area contributed by atoms with Crippen molar-refractivity contribution in [2.75, 3.05) is 13.1 Å². The van der Waals surface area contributed by atoms with E-state index in [0.29, 0.717) is 18.5 Å². The van der Waals surface area contributed by atoms with Crippen LogP contribution < -0.4 is 5.32 Å². The van der Waals surface area contributed by atoms with Crippen molar-refractivity contribution in [1.82, 2.24) is 10.2 Å². The Hall–Kier alpha value is -2.04. The zero-order chi connectivity index (χ0) is 17.9. The number of phenolic OH excluding ortho intramolecular Hbond substituents is 1. The number of nitrogens with zero attached hydrogens (tertiary/aromatic N) is 1. The molecule has 2 aromatic rings. The maximum absolute atomic E-state index is 13.2. The van der Waals surface area contributed by atoms with Crippen molar-refractivity contribution >= 4 is 18.3 Å². The Labute approximate surface area is 167 Å². The van der Waals surface area contributed by atoms with Gasteiger partial charge in [-0.2, -0.15) is 0 Å². The van der Waals surface area contributed by atoms with Gasteiger partial charge in [-0.3, -0.25) is 4.79 Å². The van der Waals surface area contributed by atoms with Crippen molar-refractivity contribution in [2.24, 2.45) is 5.92 Å². The molecule has 1 aliphatic heterocycles. The van der Waals surface area contributed by atoms with Crippen molar-refractivity contribution in [3.8, 4) is 5.75 Å². The third kappa shape index (κ3) is 5.02. The van der Waals surface area contributed by atoms with Gasteiger partial charge >= 0.3 is 0 Å². The Balaban J connectivity index is 0.00000210. The molecule has 27 heavy (non-hydrogen) atoms. The van der Waals surface area contributed by atoms with Crippen LogP contribution in [0, 0.1) is 5.92 Å². The van der Waals surface area contributed by atoms with Crippen LogP contribution in [0.25, 0.3) is 0 Å². The summed E-state index contributed by atoms with van der Waals surface area (Å²) < 4.78 is 0. The van der Waals surface area contributed by atoms with E-state index in [4.69, 9.17) is 0 Å². The molecule has 1 amide bonds. The molecule has 1 unspecified atom stereocenters. The number of nitrogens with one attached hydrogen (secondary N) is 1. The smallest absolute Gasteiger partial charge is 0.254 e. The van der Waals surface area contributed by atoms with Gasteiger partial charge < -0.3 is 15.3 Å². The van der Waals surface area contributed by atoms with Crippen molar-refractivity contribution in [3.05, 3.63) is 65.2 Å². The molecule has 2 N–H and O–H groups in total. The predicted molar refractivity (Wildman–Crippen MR) is 109 cm³/mol. The van der Waals surface area contributed by atoms with E-state index in [9.17, 15) is 9.90 Å². The number of benzene rings is 2. The molecule has 0 spiro atoms. The van der Waals surface area contributed by atoms with Crippen molar-refractivity contribution in [2.45, 2.75) is 38.3 Å². The van der Waals surface area contributed by atoms with Crippen molar-refractivity contribution in [3.63, 3.8) is 0 Å². The second kappa shape index (κ2) is 8.77. The van der Waals surface area contributed by atoms with E-state index >= 15 is 0 Å². The van der Waals surface area contributed by atoms with E-state index in [1.54, 1.807) is 12.1 Å². The van der Waals surface area contributed by atoms with Gasteiger partial charge in [0.15, 0.2) is 0 Å². The highest BCUT2D eigenvalue weighted by Crippen LogP contribution is 2.30. The van der Waals surface area contributed by atoms with Gasteiger partial charge in [-0.05, 0) is 80.1 Å². The van der Waals surface area contributed by atoms with Gasteiger partial charge in [0.25, 0.3) is 5.91 Å². The van der Waals surface area contributed by atoms with E-state index < -0.39 is 0 Å². The molecule has 0 aromatic heterocycles. The summed E-state index contributed by atoms with van der Waals surface area (Å²) in [5.41, 5.74) is 3.00. The fraction of sp³-hybridized carbons (Fsp3) is 0.409. The lowest BCUT2D eigenvalue weighted by atomic mass is 9.97. The van der Waals surface area contributed by atoms with Crippen LogP contribution in [0.1, 0.15) is 40.7 Å². The average molecular weight is 387 g/mol. The van der Waals surface area contributed by atoms with Crippen LogP contribution >= 0.6 is 12.4 Å². The minimum absolute atomic E-state index is 0. The minimum Gasteiger partial charge on any atom is -0.508 e. The maximum Gasteiger partial charge on any atom is 0.254 e. The molecule has 1 atom stereocenters. The van der Waals surface area contributed by atoms with Crippen LogP contribution in [-0.2, 0) is 13.0 Å². The number of carbonyl (C=O) groups excluding carboxylic acids is 1. The van der Waals surface area contributed by atoms with Crippen LogP contribution in [0.5, 0.6) is 5.75 Å². The zero-order valence-electron chi connectivity index (χ0n) is 15.4. The third-order valence-electron chi connectivity index (χ3n) is 5.37. The molecule has 1 heterocycles. The van der Waals surface area contributed by atoms with Gasteiger partial charge in [-0.1, -0.05) is 24.3 Å². The van der Waals surface area contributed by atoms with Crippen molar-refractivity contribution in [1.29, 1.82) is 0 Å². The summed E-state index contributed by atoms with van der Waals surface area (Å²) >= 11 is 0.